The van der Waals surface area contributed by atoms with Gasteiger partial charge in [-0.3, -0.25) is 14.5 Å². The summed E-state index contributed by atoms with van der Waals surface area (Å²) in [5.74, 6) is -1.47. The van der Waals surface area contributed by atoms with Gasteiger partial charge in [0.2, 0.25) is 0 Å². The smallest absolute Gasteiger partial charge is 0.323 e. The van der Waals surface area contributed by atoms with E-state index in [9.17, 15) is 20.0 Å². The number of nitriles is 1. The number of carbonyl (C=O) groups excluding carboxylic acids is 1. The number of aliphatic carboxylic acids is 1. The minimum absolute atomic E-state index is 0.0779. The fourth-order valence-corrected chi connectivity index (χ4v) is 5.24. The van der Waals surface area contributed by atoms with E-state index in [-0.39, 0.29) is 12.1 Å². The van der Waals surface area contributed by atoms with E-state index in [0.29, 0.717) is 27.5 Å². The molecule has 1 amide bonds. The fraction of sp³-hybridized carbons (Fsp3) is 0.0385. The number of para-hydroxylation sites is 2. The molecule has 1 aliphatic heterocycles. The Morgan fingerprint density at radius 3 is 2.56 bits per heavy atom. The summed E-state index contributed by atoms with van der Waals surface area (Å²) in [6.45, 7) is -0.229. The van der Waals surface area contributed by atoms with E-state index in [1.807, 2.05) is 54.6 Å². The number of carboxylic acid groups (broad SMARTS) is 1. The summed E-state index contributed by atoms with van der Waals surface area (Å²) in [6, 6.07) is 22.1. The van der Waals surface area contributed by atoms with Crippen LogP contribution in [0, 0.1) is 11.3 Å². The number of halogens is 1. The van der Waals surface area contributed by atoms with Gasteiger partial charge in [-0.2, -0.15) is 5.26 Å². The molecule has 0 spiro atoms. The average molecular weight is 486 g/mol. The van der Waals surface area contributed by atoms with Gasteiger partial charge < -0.3 is 9.67 Å². The molecule has 1 N–H and O–H groups in total. The predicted molar refractivity (Wildman–Crippen MR) is 132 cm³/mol. The molecule has 34 heavy (non-hydrogen) atoms. The Hall–Kier alpha value is -3.99. The topological polar surface area (TPSA) is 86.3 Å². The molecule has 0 fully saturated rings. The number of nitrogens with zero attached hydrogens (tertiary/aromatic N) is 3. The molecule has 4 aromatic rings. The molecular weight excluding hydrogens is 470 g/mol. The lowest BCUT2D eigenvalue weighted by Gasteiger charge is -2.31. The van der Waals surface area contributed by atoms with Gasteiger partial charge in [0.05, 0.1) is 11.4 Å². The second-order valence-electron chi connectivity index (χ2n) is 7.62. The molecule has 0 bridgehead atoms. The Morgan fingerprint density at radius 1 is 1.03 bits per heavy atom. The van der Waals surface area contributed by atoms with Gasteiger partial charge in [-0.05, 0) is 42.5 Å². The van der Waals surface area contributed by atoms with Gasteiger partial charge in [-0.1, -0.05) is 53.7 Å². The number of anilines is 2. The van der Waals surface area contributed by atoms with Crippen molar-refractivity contribution in [3.8, 4) is 6.07 Å². The Morgan fingerprint density at radius 2 is 1.76 bits per heavy atom. The van der Waals surface area contributed by atoms with Crippen molar-refractivity contribution in [1.29, 1.82) is 5.26 Å². The Kier molecular flexibility index (Phi) is 5.62. The van der Waals surface area contributed by atoms with Crippen molar-refractivity contribution in [3.05, 3.63) is 89.1 Å². The highest BCUT2D eigenvalue weighted by atomic mass is 35.5. The van der Waals surface area contributed by atoms with Crippen molar-refractivity contribution in [3.63, 3.8) is 0 Å². The molecule has 0 atom stereocenters. The van der Waals surface area contributed by atoms with Gasteiger partial charge in [0.1, 0.15) is 18.2 Å². The van der Waals surface area contributed by atoms with Gasteiger partial charge in [0, 0.05) is 37.5 Å². The Labute approximate surface area is 204 Å². The van der Waals surface area contributed by atoms with Crippen LogP contribution in [0.3, 0.4) is 0 Å². The van der Waals surface area contributed by atoms with Crippen LogP contribution in [-0.4, -0.2) is 21.6 Å². The van der Waals surface area contributed by atoms with Crippen LogP contribution in [0.4, 0.5) is 11.4 Å². The molecule has 0 saturated heterocycles. The third kappa shape index (κ3) is 3.83. The Bertz CT molecular complexity index is 1550. The molecule has 6 nitrogen and oxygen atoms in total. The highest BCUT2D eigenvalue weighted by molar-refractivity contribution is 7.99. The first-order chi connectivity index (χ1) is 16.5. The van der Waals surface area contributed by atoms with E-state index in [0.717, 1.165) is 15.2 Å². The normalized spacial score (nSPS) is 12.7. The highest BCUT2D eigenvalue weighted by Gasteiger charge is 2.30. The van der Waals surface area contributed by atoms with Crippen LogP contribution in [0.1, 0.15) is 5.56 Å². The molecule has 1 aliphatic rings. The maximum atomic E-state index is 13.8. The lowest BCUT2D eigenvalue weighted by Crippen LogP contribution is -2.29. The van der Waals surface area contributed by atoms with Gasteiger partial charge in [0.25, 0.3) is 5.91 Å². The molecule has 0 unspecified atom stereocenters. The molecule has 5 rings (SSSR count). The third-order valence-electron chi connectivity index (χ3n) is 5.47. The molecule has 1 aromatic heterocycles. The summed E-state index contributed by atoms with van der Waals surface area (Å²) < 4.78 is 1.59. The first-order valence-electron chi connectivity index (χ1n) is 10.3. The number of fused-ring (bicyclic) bond motifs is 3. The summed E-state index contributed by atoms with van der Waals surface area (Å²) in [5.41, 5.74) is 2.49. The Balaban J connectivity index is 1.64. The van der Waals surface area contributed by atoms with Crippen LogP contribution in [-0.2, 0) is 16.1 Å². The maximum Gasteiger partial charge on any atom is 0.323 e. The van der Waals surface area contributed by atoms with E-state index in [1.165, 1.54) is 22.7 Å². The average Bonchev–Trinajstić information content (AvgIpc) is 3.17. The molecule has 166 valence electrons. The number of hydrogen-bond donors (Lipinski definition) is 1. The third-order valence-corrected chi connectivity index (χ3v) is 6.83. The number of rotatable bonds is 4. The zero-order chi connectivity index (χ0) is 23.8. The molecule has 0 saturated carbocycles. The lowest BCUT2D eigenvalue weighted by atomic mass is 10.1. The van der Waals surface area contributed by atoms with Crippen LogP contribution >= 0.6 is 23.4 Å². The van der Waals surface area contributed by atoms with Gasteiger partial charge >= 0.3 is 5.97 Å². The number of aromatic nitrogens is 1. The van der Waals surface area contributed by atoms with Gasteiger partial charge in [-0.15, -0.1) is 0 Å². The van der Waals surface area contributed by atoms with E-state index < -0.39 is 11.9 Å². The molecule has 0 aliphatic carbocycles. The van der Waals surface area contributed by atoms with E-state index in [4.69, 9.17) is 11.6 Å². The van der Waals surface area contributed by atoms with Gasteiger partial charge in [-0.25, -0.2) is 0 Å². The number of carboxylic acids is 1. The van der Waals surface area contributed by atoms with Crippen molar-refractivity contribution in [2.24, 2.45) is 0 Å². The molecule has 0 radical (unpaired) electrons. The predicted octanol–water partition coefficient (Wildman–Crippen LogP) is 6.12. The zero-order valence-corrected chi connectivity index (χ0v) is 19.2. The maximum absolute atomic E-state index is 13.8. The summed E-state index contributed by atoms with van der Waals surface area (Å²) in [5, 5.41) is 20.5. The fourth-order valence-electron chi connectivity index (χ4n) is 4.03. The van der Waals surface area contributed by atoms with Crippen molar-refractivity contribution in [1.82, 2.24) is 4.57 Å². The molecule has 8 heteroatoms. The summed E-state index contributed by atoms with van der Waals surface area (Å²) in [6.07, 6.45) is 3.16. The monoisotopic (exact) mass is 485 g/mol. The van der Waals surface area contributed by atoms with Crippen molar-refractivity contribution in [2.45, 2.75) is 16.3 Å². The highest BCUT2D eigenvalue weighted by Crippen LogP contribution is 2.49. The summed E-state index contributed by atoms with van der Waals surface area (Å²) >= 11 is 7.78. The van der Waals surface area contributed by atoms with Crippen LogP contribution in [0.15, 0.2) is 88.3 Å². The van der Waals surface area contributed by atoms with Crippen molar-refractivity contribution >= 4 is 63.6 Å². The second-order valence-corrected chi connectivity index (χ2v) is 9.14. The van der Waals surface area contributed by atoms with Crippen LogP contribution < -0.4 is 4.90 Å². The SMILES string of the molecule is N#C/C(=C\c1cn(CC(=O)O)c2ccccc12)C(=O)N1c2ccccc2Sc2ccc(Cl)cc21. The van der Waals surface area contributed by atoms with Crippen molar-refractivity contribution < 1.29 is 14.7 Å². The molecule has 3 aromatic carbocycles. The summed E-state index contributed by atoms with van der Waals surface area (Å²) in [7, 11) is 0. The minimum atomic E-state index is -0.983. The lowest BCUT2D eigenvalue weighted by molar-refractivity contribution is -0.137. The standard InChI is InChI=1S/C26H16ClN3O3S/c27-18-9-10-24-22(12-18)30(21-7-3-4-8-23(21)34-24)26(33)16(13-28)11-17-14-29(15-25(31)32)20-6-2-1-5-19(17)20/h1-12,14H,15H2,(H,31,32)/b16-11+. The van der Waals surface area contributed by atoms with Crippen LogP contribution in [0.2, 0.25) is 5.02 Å². The first kappa shape index (κ1) is 21.8. The number of hydrogen-bond acceptors (Lipinski definition) is 4. The number of carbonyl (C=O) groups is 2. The zero-order valence-electron chi connectivity index (χ0n) is 17.6. The van der Waals surface area contributed by atoms with E-state index in [2.05, 4.69) is 0 Å². The first-order valence-corrected chi connectivity index (χ1v) is 11.5. The largest absolute Gasteiger partial charge is 0.480 e. The van der Waals surface area contributed by atoms with E-state index >= 15 is 0 Å². The number of benzene rings is 3. The molecular formula is C26H16ClN3O3S. The quantitative estimate of drug-likeness (QED) is 0.278. The van der Waals surface area contributed by atoms with Gasteiger partial charge in [0.15, 0.2) is 0 Å². The summed E-state index contributed by atoms with van der Waals surface area (Å²) in [4.78, 5) is 28.3. The van der Waals surface area contributed by atoms with Crippen molar-refractivity contribution in [2.75, 3.05) is 4.90 Å². The molecule has 2 heterocycles. The van der Waals surface area contributed by atoms with Crippen LogP contribution in [0.5, 0.6) is 0 Å². The second kappa shape index (κ2) is 8.75. The van der Waals surface area contributed by atoms with Crippen LogP contribution in [0.25, 0.3) is 17.0 Å². The van der Waals surface area contributed by atoms with E-state index in [1.54, 1.807) is 29.0 Å². The number of amides is 1. The minimum Gasteiger partial charge on any atom is -0.480 e.